The summed E-state index contributed by atoms with van der Waals surface area (Å²) < 4.78 is 5.06. The van der Waals surface area contributed by atoms with Crippen LogP contribution in [0.15, 0.2) is 18.2 Å². The number of hydrogen-bond donors (Lipinski definition) is 2. The van der Waals surface area contributed by atoms with Gasteiger partial charge in [-0.1, -0.05) is 6.07 Å². The van der Waals surface area contributed by atoms with Crippen LogP contribution in [0.5, 0.6) is 5.88 Å². The number of rotatable bonds is 3. The molecule has 1 heterocycles. The summed E-state index contributed by atoms with van der Waals surface area (Å²) in [4.78, 5) is 20.6. The van der Waals surface area contributed by atoms with Crippen molar-refractivity contribution in [2.75, 3.05) is 18.2 Å². The highest BCUT2D eigenvalue weighted by Crippen LogP contribution is 2.19. The van der Waals surface area contributed by atoms with Crippen LogP contribution in [-0.4, -0.2) is 23.0 Å². The van der Waals surface area contributed by atoms with E-state index in [4.69, 9.17) is 10.5 Å². The Balaban J connectivity index is 2.30. The molecule has 0 saturated carbocycles. The van der Waals surface area contributed by atoms with Gasteiger partial charge < -0.3 is 10.5 Å². The lowest BCUT2D eigenvalue weighted by Crippen LogP contribution is -2.16. The summed E-state index contributed by atoms with van der Waals surface area (Å²) in [6, 6.07) is 5.22. The third-order valence-electron chi connectivity index (χ3n) is 3.12. The predicted octanol–water partition coefficient (Wildman–Crippen LogP) is 2.24. The molecule has 0 unspecified atom stereocenters. The maximum absolute atomic E-state index is 12.3. The van der Waals surface area contributed by atoms with Crippen LogP contribution < -0.4 is 15.8 Å². The number of hydrogen-bond acceptors (Lipinski definition) is 5. The second-order valence-corrected chi connectivity index (χ2v) is 4.85. The lowest BCUT2D eigenvalue weighted by Gasteiger charge is -2.10. The zero-order chi connectivity index (χ0) is 15.6. The van der Waals surface area contributed by atoms with Crippen molar-refractivity contribution in [2.45, 2.75) is 20.8 Å². The molecule has 0 radical (unpaired) electrons. The number of nitrogens with one attached hydrogen (secondary N) is 1. The number of nitrogen functional groups attached to an aromatic ring is 1. The first-order valence-electron chi connectivity index (χ1n) is 6.48. The second-order valence-electron chi connectivity index (χ2n) is 4.85. The number of anilines is 2. The van der Waals surface area contributed by atoms with Crippen molar-refractivity contribution in [2.24, 2.45) is 0 Å². The van der Waals surface area contributed by atoms with Gasteiger partial charge in [-0.25, -0.2) is 4.98 Å². The molecular formula is C15H18N4O2. The van der Waals surface area contributed by atoms with Crippen LogP contribution in [0.25, 0.3) is 0 Å². The van der Waals surface area contributed by atoms with E-state index >= 15 is 0 Å². The first-order valence-corrected chi connectivity index (χ1v) is 6.48. The van der Waals surface area contributed by atoms with Crippen LogP contribution in [-0.2, 0) is 0 Å². The fourth-order valence-electron chi connectivity index (χ4n) is 1.98. The highest BCUT2D eigenvalue weighted by atomic mass is 16.5. The SMILES string of the molecule is COc1cc(C)nc(NC(=O)c2cc(N)c(C)cc2C)n1. The summed E-state index contributed by atoms with van der Waals surface area (Å²) in [5.74, 6) is 0.306. The van der Waals surface area contributed by atoms with Gasteiger partial charge in [0.15, 0.2) is 0 Å². The van der Waals surface area contributed by atoms with Gasteiger partial charge in [0.05, 0.1) is 7.11 Å². The van der Waals surface area contributed by atoms with Gasteiger partial charge in [-0.2, -0.15) is 4.98 Å². The molecule has 0 aliphatic carbocycles. The van der Waals surface area contributed by atoms with Gasteiger partial charge in [0.2, 0.25) is 11.8 Å². The van der Waals surface area contributed by atoms with E-state index in [2.05, 4.69) is 15.3 Å². The first kappa shape index (κ1) is 14.8. The van der Waals surface area contributed by atoms with Crippen LogP contribution in [0.4, 0.5) is 11.6 Å². The Labute approximate surface area is 123 Å². The Hall–Kier alpha value is -2.63. The molecule has 1 aromatic heterocycles. The monoisotopic (exact) mass is 286 g/mol. The van der Waals surface area contributed by atoms with E-state index in [-0.39, 0.29) is 11.9 Å². The van der Waals surface area contributed by atoms with Crippen LogP contribution in [0.3, 0.4) is 0 Å². The number of methoxy groups -OCH3 is 1. The Morgan fingerprint density at radius 1 is 1.14 bits per heavy atom. The molecule has 0 saturated heterocycles. The largest absolute Gasteiger partial charge is 0.481 e. The Bertz CT molecular complexity index is 698. The van der Waals surface area contributed by atoms with E-state index in [0.717, 1.165) is 11.1 Å². The van der Waals surface area contributed by atoms with Crippen molar-refractivity contribution in [3.8, 4) is 5.88 Å². The number of amides is 1. The van der Waals surface area contributed by atoms with E-state index in [0.29, 0.717) is 22.8 Å². The number of carbonyl (C=O) groups excluding carboxylic acids is 1. The molecule has 0 bridgehead atoms. The number of nitrogens with two attached hydrogens (primary N) is 1. The molecule has 0 aliphatic heterocycles. The van der Waals surface area contributed by atoms with Crippen molar-refractivity contribution in [1.29, 1.82) is 0 Å². The van der Waals surface area contributed by atoms with E-state index in [1.807, 2.05) is 19.9 Å². The van der Waals surface area contributed by atoms with E-state index in [1.165, 1.54) is 7.11 Å². The molecule has 6 nitrogen and oxygen atoms in total. The number of carbonyl (C=O) groups is 1. The lowest BCUT2D eigenvalue weighted by atomic mass is 10.0. The quantitative estimate of drug-likeness (QED) is 0.844. The molecule has 1 aromatic carbocycles. The molecular weight excluding hydrogens is 268 g/mol. The minimum Gasteiger partial charge on any atom is -0.481 e. The fourth-order valence-corrected chi connectivity index (χ4v) is 1.98. The highest BCUT2D eigenvalue weighted by molar-refractivity contribution is 6.05. The van der Waals surface area contributed by atoms with Crippen LogP contribution in [0.2, 0.25) is 0 Å². The number of ether oxygens (including phenoxy) is 1. The molecule has 110 valence electrons. The van der Waals surface area contributed by atoms with Gasteiger partial charge in [0, 0.05) is 23.0 Å². The van der Waals surface area contributed by atoms with Crippen molar-refractivity contribution in [1.82, 2.24) is 9.97 Å². The zero-order valence-electron chi connectivity index (χ0n) is 12.5. The zero-order valence-corrected chi connectivity index (χ0v) is 12.5. The third-order valence-corrected chi connectivity index (χ3v) is 3.12. The number of nitrogens with zero attached hydrogens (tertiary/aromatic N) is 2. The van der Waals surface area contributed by atoms with Crippen molar-refractivity contribution in [3.05, 3.63) is 40.6 Å². The summed E-state index contributed by atoms with van der Waals surface area (Å²) in [6.07, 6.45) is 0. The van der Waals surface area contributed by atoms with E-state index in [1.54, 1.807) is 19.1 Å². The van der Waals surface area contributed by atoms with Crippen molar-refractivity contribution >= 4 is 17.5 Å². The number of benzene rings is 1. The number of aryl methyl sites for hydroxylation is 3. The average Bonchev–Trinajstić information content (AvgIpc) is 2.42. The smallest absolute Gasteiger partial charge is 0.258 e. The van der Waals surface area contributed by atoms with Crippen LogP contribution >= 0.6 is 0 Å². The molecule has 3 N–H and O–H groups in total. The van der Waals surface area contributed by atoms with Gasteiger partial charge in [0.25, 0.3) is 5.91 Å². The topological polar surface area (TPSA) is 90.1 Å². The number of aromatic nitrogens is 2. The van der Waals surface area contributed by atoms with Gasteiger partial charge in [0.1, 0.15) is 0 Å². The molecule has 2 rings (SSSR count). The van der Waals surface area contributed by atoms with Crippen LogP contribution in [0, 0.1) is 20.8 Å². The van der Waals surface area contributed by atoms with Crippen molar-refractivity contribution < 1.29 is 9.53 Å². The molecule has 0 aliphatic rings. The maximum atomic E-state index is 12.3. The molecule has 0 fully saturated rings. The van der Waals surface area contributed by atoms with Crippen molar-refractivity contribution in [3.63, 3.8) is 0 Å². The molecule has 1 amide bonds. The third kappa shape index (κ3) is 3.28. The summed E-state index contributed by atoms with van der Waals surface area (Å²) in [5, 5.41) is 2.66. The molecule has 0 atom stereocenters. The van der Waals surface area contributed by atoms with Gasteiger partial charge in [-0.3, -0.25) is 10.1 Å². The summed E-state index contributed by atoms with van der Waals surface area (Å²) in [6.45, 7) is 5.56. The lowest BCUT2D eigenvalue weighted by molar-refractivity contribution is 0.102. The van der Waals surface area contributed by atoms with Gasteiger partial charge in [-0.05, 0) is 38.0 Å². The minimum absolute atomic E-state index is 0.204. The molecule has 2 aromatic rings. The standard InChI is InChI=1S/C15H18N4O2/c1-8-5-9(2)12(16)7-11(8)14(20)19-15-17-10(3)6-13(18-15)21-4/h5-7H,16H2,1-4H3,(H,17,18,19,20). The summed E-state index contributed by atoms with van der Waals surface area (Å²) >= 11 is 0. The first-order chi connectivity index (χ1) is 9.90. The maximum Gasteiger partial charge on any atom is 0.258 e. The molecule has 0 spiro atoms. The van der Waals surface area contributed by atoms with E-state index in [9.17, 15) is 4.79 Å². The fraction of sp³-hybridized carbons (Fsp3) is 0.267. The average molecular weight is 286 g/mol. The van der Waals surface area contributed by atoms with E-state index < -0.39 is 0 Å². The predicted molar refractivity (Wildman–Crippen MR) is 81.6 cm³/mol. The highest BCUT2D eigenvalue weighted by Gasteiger charge is 2.13. The minimum atomic E-state index is -0.299. The Kier molecular flexibility index (Phi) is 4.07. The summed E-state index contributed by atoms with van der Waals surface area (Å²) in [7, 11) is 1.51. The van der Waals surface area contributed by atoms with Gasteiger partial charge >= 0.3 is 0 Å². The molecule has 6 heteroatoms. The van der Waals surface area contributed by atoms with Crippen LogP contribution in [0.1, 0.15) is 27.2 Å². The Morgan fingerprint density at radius 2 is 1.86 bits per heavy atom. The Morgan fingerprint density at radius 3 is 2.52 bits per heavy atom. The normalized spacial score (nSPS) is 10.3. The second kappa shape index (κ2) is 5.78. The summed E-state index contributed by atoms with van der Waals surface area (Å²) in [5.41, 5.74) is 9.43. The molecule has 21 heavy (non-hydrogen) atoms. The van der Waals surface area contributed by atoms with Gasteiger partial charge in [-0.15, -0.1) is 0 Å².